The molecule has 0 radical (unpaired) electrons. The summed E-state index contributed by atoms with van der Waals surface area (Å²) < 4.78 is 0. The fraction of sp³-hybridized carbons (Fsp3) is 0.286. The van der Waals surface area contributed by atoms with Gasteiger partial charge >= 0.3 is 0 Å². The Morgan fingerprint density at radius 3 is 2.50 bits per heavy atom. The van der Waals surface area contributed by atoms with Crippen molar-refractivity contribution >= 4 is 11.8 Å². The molecule has 94 valence electrons. The molecule has 18 heavy (non-hydrogen) atoms. The number of nitrogens with two attached hydrogens (primary N) is 1. The van der Waals surface area contributed by atoms with E-state index < -0.39 is 0 Å². The van der Waals surface area contributed by atoms with Gasteiger partial charge in [0.05, 0.1) is 5.69 Å². The van der Waals surface area contributed by atoms with Crippen LogP contribution in [-0.2, 0) is 6.54 Å². The Kier molecular flexibility index (Phi) is 4.33. The summed E-state index contributed by atoms with van der Waals surface area (Å²) in [5, 5.41) is 0. The summed E-state index contributed by atoms with van der Waals surface area (Å²) in [6, 6.07) is 10.3. The van der Waals surface area contributed by atoms with Crippen LogP contribution in [-0.4, -0.2) is 15.7 Å². The van der Waals surface area contributed by atoms with Gasteiger partial charge in [-0.3, -0.25) is 0 Å². The Balaban J connectivity index is 2.33. The van der Waals surface area contributed by atoms with Crippen molar-refractivity contribution < 1.29 is 0 Å². The molecule has 0 spiro atoms. The number of thioether (sulfide) groups is 1. The summed E-state index contributed by atoms with van der Waals surface area (Å²) in [5.74, 6) is 1.83. The standard InChI is InChI=1S/C14H17N3S/c1-3-18-13-6-4-11(5-7-13)14-16-10(2)8-12(9-15)17-14/h4-8H,3,9,15H2,1-2H3. The van der Waals surface area contributed by atoms with Gasteiger partial charge in [0, 0.05) is 22.7 Å². The lowest BCUT2D eigenvalue weighted by Crippen LogP contribution is -2.03. The molecule has 0 atom stereocenters. The van der Waals surface area contributed by atoms with Crippen molar-refractivity contribution in [2.24, 2.45) is 5.73 Å². The zero-order valence-electron chi connectivity index (χ0n) is 10.7. The maximum absolute atomic E-state index is 5.64. The van der Waals surface area contributed by atoms with Crippen LogP contribution in [0.4, 0.5) is 0 Å². The lowest BCUT2D eigenvalue weighted by atomic mass is 10.2. The largest absolute Gasteiger partial charge is 0.325 e. The normalized spacial score (nSPS) is 10.6. The number of aryl methyl sites for hydroxylation is 1. The molecule has 0 fully saturated rings. The van der Waals surface area contributed by atoms with Gasteiger partial charge in [0.1, 0.15) is 0 Å². The highest BCUT2D eigenvalue weighted by Gasteiger charge is 2.04. The topological polar surface area (TPSA) is 51.8 Å². The Hall–Kier alpha value is -1.39. The monoisotopic (exact) mass is 259 g/mol. The summed E-state index contributed by atoms with van der Waals surface area (Å²) in [6.07, 6.45) is 0. The Morgan fingerprint density at radius 2 is 1.89 bits per heavy atom. The Bertz CT molecular complexity index is 523. The van der Waals surface area contributed by atoms with E-state index >= 15 is 0 Å². The van der Waals surface area contributed by atoms with Crippen LogP contribution in [0.5, 0.6) is 0 Å². The minimum Gasteiger partial charge on any atom is -0.325 e. The average molecular weight is 259 g/mol. The van der Waals surface area contributed by atoms with E-state index in [9.17, 15) is 0 Å². The second-order valence-corrected chi connectivity index (χ2v) is 5.32. The van der Waals surface area contributed by atoms with E-state index in [1.807, 2.05) is 24.8 Å². The van der Waals surface area contributed by atoms with Crippen molar-refractivity contribution in [3.63, 3.8) is 0 Å². The Morgan fingerprint density at radius 1 is 1.17 bits per heavy atom. The van der Waals surface area contributed by atoms with Gasteiger partial charge in [0.2, 0.25) is 0 Å². The van der Waals surface area contributed by atoms with Crippen molar-refractivity contribution in [1.29, 1.82) is 0 Å². The van der Waals surface area contributed by atoms with Crippen molar-refractivity contribution in [2.75, 3.05) is 5.75 Å². The molecule has 0 aliphatic heterocycles. The van der Waals surface area contributed by atoms with Crippen LogP contribution in [0.15, 0.2) is 35.2 Å². The third-order valence-electron chi connectivity index (χ3n) is 2.54. The molecular weight excluding hydrogens is 242 g/mol. The smallest absolute Gasteiger partial charge is 0.159 e. The van der Waals surface area contributed by atoms with E-state index in [0.717, 1.165) is 28.5 Å². The minimum absolute atomic E-state index is 0.445. The maximum atomic E-state index is 5.64. The van der Waals surface area contributed by atoms with E-state index in [0.29, 0.717) is 6.54 Å². The zero-order valence-corrected chi connectivity index (χ0v) is 11.5. The highest BCUT2D eigenvalue weighted by atomic mass is 32.2. The van der Waals surface area contributed by atoms with E-state index in [4.69, 9.17) is 5.73 Å². The lowest BCUT2D eigenvalue weighted by Gasteiger charge is -2.05. The van der Waals surface area contributed by atoms with Crippen LogP contribution in [0.2, 0.25) is 0 Å². The van der Waals surface area contributed by atoms with Crippen LogP contribution >= 0.6 is 11.8 Å². The number of nitrogens with zero attached hydrogens (tertiary/aromatic N) is 2. The molecule has 0 saturated heterocycles. The minimum atomic E-state index is 0.445. The third kappa shape index (κ3) is 3.09. The van der Waals surface area contributed by atoms with E-state index in [-0.39, 0.29) is 0 Å². The molecule has 4 heteroatoms. The number of hydrogen-bond donors (Lipinski definition) is 1. The SMILES string of the molecule is CCSc1ccc(-c2nc(C)cc(CN)n2)cc1. The maximum Gasteiger partial charge on any atom is 0.159 e. The highest BCUT2D eigenvalue weighted by molar-refractivity contribution is 7.99. The molecule has 0 aliphatic carbocycles. The van der Waals surface area contributed by atoms with Gasteiger partial charge in [-0.1, -0.05) is 19.1 Å². The molecule has 1 aromatic heterocycles. The second-order valence-electron chi connectivity index (χ2n) is 3.99. The second kappa shape index (κ2) is 5.98. The molecule has 1 aromatic carbocycles. The Labute approximate surface area is 112 Å². The molecule has 2 rings (SSSR count). The molecule has 3 nitrogen and oxygen atoms in total. The summed E-state index contributed by atoms with van der Waals surface area (Å²) in [5.41, 5.74) is 8.50. The number of hydrogen-bond acceptors (Lipinski definition) is 4. The summed E-state index contributed by atoms with van der Waals surface area (Å²) >= 11 is 1.83. The number of rotatable bonds is 4. The van der Waals surface area contributed by atoms with Gasteiger partial charge in [-0.15, -0.1) is 11.8 Å². The fourth-order valence-electron chi connectivity index (χ4n) is 1.73. The van der Waals surface area contributed by atoms with Crippen molar-refractivity contribution in [3.05, 3.63) is 41.7 Å². The first-order valence-corrected chi connectivity index (χ1v) is 6.99. The van der Waals surface area contributed by atoms with Crippen LogP contribution < -0.4 is 5.73 Å². The molecule has 2 N–H and O–H groups in total. The predicted octanol–water partition coefficient (Wildman–Crippen LogP) is 3.02. The fourth-order valence-corrected chi connectivity index (χ4v) is 2.40. The molecule has 0 unspecified atom stereocenters. The molecule has 1 heterocycles. The van der Waals surface area contributed by atoms with Crippen LogP contribution in [0, 0.1) is 6.92 Å². The molecule has 0 bridgehead atoms. The molecule has 0 saturated carbocycles. The lowest BCUT2D eigenvalue weighted by molar-refractivity contribution is 0.953. The summed E-state index contributed by atoms with van der Waals surface area (Å²) in [4.78, 5) is 10.2. The quantitative estimate of drug-likeness (QED) is 0.857. The van der Waals surface area contributed by atoms with Gasteiger partial charge in [-0.2, -0.15) is 0 Å². The van der Waals surface area contributed by atoms with Gasteiger partial charge in [-0.05, 0) is 30.9 Å². The van der Waals surface area contributed by atoms with Crippen LogP contribution in [0.3, 0.4) is 0 Å². The molecule has 0 amide bonds. The first kappa shape index (κ1) is 13.1. The summed E-state index contributed by atoms with van der Waals surface area (Å²) in [6.45, 7) is 4.56. The van der Waals surface area contributed by atoms with Gasteiger partial charge < -0.3 is 5.73 Å². The first-order chi connectivity index (χ1) is 8.72. The third-order valence-corrected chi connectivity index (χ3v) is 3.43. The van der Waals surface area contributed by atoms with Crippen LogP contribution in [0.1, 0.15) is 18.3 Å². The first-order valence-electron chi connectivity index (χ1n) is 6.00. The van der Waals surface area contributed by atoms with E-state index in [2.05, 4.69) is 41.2 Å². The summed E-state index contributed by atoms with van der Waals surface area (Å²) in [7, 11) is 0. The average Bonchev–Trinajstić information content (AvgIpc) is 2.39. The van der Waals surface area contributed by atoms with E-state index in [1.165, 1.54) is 4.90 Å². The van der Waals surface area contributed by atoms with Gasteiger partial charge in [0.15, 0.2) is 5.82 Å². The van der Waals surface area contributed by atoms with Crippen molar-refractivity contribution in [2.45, 2.75) is 25.3 Å². The van der Waals surface area contributed by atoms with Gasteiger partial charge in [-0.25, -0.2) is 9.97 Å². The number of aromatic nitrogens is 2. The van der Waals surface area contributed by atoms with Crippen molar-refractivity contribution in [1.82, 2.24) is 9.97 Å². The molecule has 2 aromatic rings. The van der Waals surface area contributed by atoms with E-state index in [1.54, 1.807) is 0 Å². The number of benzene rings is 1. The molecular formula is C14H17N3S. The van der Waals surface area contributed by atoms with Crippen molar-refractivity contribution in [3.8, 4) is 11.4 Å². The highest BCUT2D eigenvalue weighted by Crippen LogP contribution is 2.22. The van der Waals surface area contributed by atoms with Gasteiger partial charge in [0.25, 0.3) is 0 Å². The predicted molar refractivity (Wildman–Crippen MR) is 76.5 cm³/mol. The van der Waals surface area contributed by atoms with Crippen LogP contribution in [0.25, 0.3) is 11.4 Å². The zero-order chi connectivity index (χ0) is 13.0. The molecule has 0 aliphatic rings.